The number of hydrogen-bond acceptors (Lipinski definition) is 2. The van der Waals surface area contributed by atoms with Gasteiger partial charge in [0.1, 0.15) is 5.76 Å². The van der Waals surface area contributed by atoms with Gasteiger partial charge in [-0.25, -0.2) is 0 Å². The van der Waals surface area contributed by atoms with Crippen LogP contribution in [0, 0.1) is 0 Å². The van der Waals surface area contributed by atoms with Crippen molar-refractivity contribution in [3.05, 3.63) is 35.8 Å². The first-order valence-corrected chi connectivity index (χ1v) is 5.85. The highest BCUT2D eigenvalue weighted by Crippen LogP contribution is 2.14. The fourth-order valence-corrected chi connectivity index (χ4v) is 1.06. The number of nitrogens with zero attached hydrogens (tertiary/aromatic N) is 1. The molecule has 0 aromatic rings. The van der Waals surface area contributed by atoms with Crippen molar-refractivity contribution in [2.75, 3.05) is 14.2 Å². The first-order chi connectivity index (χ1) is 7.75. The molecule has 0 aromatic heterocycles. The van der Waals surface area contributed by atoms with E-state index in [9.17, 15) is 0 Å². The molecule has 1 aliphatic carbocycles. The van der Waals surface area contributed by atoms with E-state index in [4.69, 9.17) is 12.7 Å². The SMILES string of the molecule is CC.CC.[B]N(C)C1=C(OC)C=CCC=C1. The quantitative estimate of drug-likeness (QED) is 0.662. The summed E-state index contributed by atoms with van der Waals surface area (Å²) < 4.78 is 5.16. The number of allylic oxidation sites excluding steroid dienone is 4. The van der Waals surface area contributed by atoms with Gasteiger partial charge in [0.2, 0.25) is 7.98 Å². The maximum Gasteiger partial charge on any atom is 0.226 e. The number of rotatable bonds is 2. The summed E-state index contributed by atoms with van der Waals surface area (Å²) in [5.41, 5.74) is 0.895. The van der Waals surface area contributed by atoms with Crippen molar-refractivity contribution in [3.63, 3.8) is 0 Å². The van der Waals surface area contributed by atoms with Gasteiger partial charge in [-0.1, -0.05) is 39.8 Å². The first-order valence-electron chi connectivity index (χ1n) is 5.85. The topological polar surface area (TPSA) is 12.5 Å². The Hall–Kier alpha value is -1.12. The van der Waals surface area contributed by atoms with E-state index in [0.717, 1.165) is 17.9 Å². The van der Waals surface area contributed by atoms with Crippen LogP contribution in [-0.2, 0) is 4.74 Å². The van der Waals surface area contributed by atoms with Gasteiger partial charge in [-0.3, -0.25) is 0 Å². The highest BCUT2D eigenvalue weighted by atomic mass is 16.5. The van der Waals surface area contributed by atoms with Crippen LogP contribution in [0.4, 0.5) is 0 Å². The van der Waals surface area contributed by atoms with Crippen LogP contribution in [-0.4, -0.2) is 26.9 Å². The standard InChI is InChI=1S/C9H12BNO.2C2H6/c1-11(10)8-6-4-3-5-7-9(8)12-2;2*1-2/h4-7H,3H2,1-2H3;2*1-2H3. The average molecular weight is 221 g/mol. The lowest BCUT2D eigenvalue weighted by molar-refractivity contribution is 0.296. The van der Waals surface area contributed by atoms with Gasteiger partial charge in [0.25, 0.3) is 0 Å². The summed E-state index contributed by atoms with van der Waals surface area (Å²) in [5, 5.41) is 0. The fraction of sp³-hybridized carbons (Fsp3) is 0.538. The van der Waals surface area contributed by atoms with E-state index in [1.165, 1.54) is 0 Å². The maximum atomic E-state index is 5.61. The van der Waals surface area contributed by atoms with Crippen molar-refractivity contribution in [3.8, 4) is 0 Å². The Morgan fingerprint density at radius 2 is 1.62 bits per heavy atom. The molecule has 0 unspecified atom stereocenters. The predicted octanol–water partition coefficient (Wildman–Crippen LogP) is 3.43. The molecule has 0 amide bonds. The molecule has 0 spiro atoms. The highest BCUT2D eigenvalue weighted by Gasteiger charge is 2.04. The Bertz CT molecular complexity index is 242. The van der Waals surface area contributed by atoms with Gasteiger partial charge in [0.05, 0.1) is 12.8 Å². The zero-order valence-electron chi connectivity index (χ0n) is 11.4. The van der Waals surface area contributed by atoms with Crippen molar-refractivity contribution < 1.29 is 4.74 Å². The second-order valence-electron chi connectivity index (χ2n) is 2.60. The molecule has 1 rings (SSSR count). The van der Waals surface area contributed by atoms with Crippen LogP contribution in [0.2, 0.25) is 0 Å². The van der Waals surface area contributed by atoms with Crippen LogP contribution in [0.15, 0.2) is 35.8 Å². The third-order valence-corrected chi connectivity index (χ3v) is 1.67. The molecule has 0 aromatic carbocycles. The molecular weight excluding hydrogens is 197 g/mol. The van der Waals surface area contributed by atoms with Crippen LogP contribution in [0.25, 0.3) is 0 Å². The number of ether oxygens (including phenoxy) is 1. The molecule has 0 saturated carbocycles. The largest absolute Gasteiger partial charge is 0.495 e. The average Bonchev–Trinajstić information content (AvgIpc) is 2.59. The molecule has 2 radical (unpaired) electrons. The molecular formula is C13H24BNO. The van der Waals surface area contributed by atoms with E-state index in [1.54, 1.807) is 19.0 Å². The van der Waals surface area contributed by atoms with Gasteiger partial charge >= 0.3 is 0 Å². The lowest BCUT2D eigenvalue weighted by Crippen LogP contribution is -2.13. The number of hydrogen-bond donors (Lipinski definition) is 0. The number of likely N-dealkylation sites (N-methyl/N-ethyl adjacent to an activating group) is 1. The fourth-order valence-electron chi connectivity index (χ4n) is 1.06. The molecule has 0 saturated heterocycles. The van der Waals surface area contributed by atoms with Gasteiger partial charge in [0.15, 0.2) is 0 Å². The third kappa shape index (κ3) is 6.38. The van der Waals surface area contributed by atoms with Crippen LogP contribution < -0.4 is 0 Å². The zero-order valence-corrected chi connectivity index (χ0v) is 11.4. The van der Waals surface area contributed by atoms with Crippen molar-refractivity contribution in [1.29, 1.82) is 0 Å². The molecule has 1 aliphatic rings. The van der Waals surface area contributed by atoms with E-state index < -0.39 is 0 Å². The monoisotopic (exact) mass is 221 g/mol. The van der Waals surface area contributed by atoms with Crippen molar-refractivity contribution in [2.24, 2.45) is 0 Å². The molecule has 0 N–H and O–H groups in total. The Labute approximate surface area is 102 Å². The smallest absolute Gasteiger partial charge is 0.226 e. The lowest BCUT2D eigenvalue weighted by Gasteiger charge is -2.16. The van der Waals surface area contributed by atoms with Gasteiger partial charge < -0.3 is 9.55 Å². The summed E-state index contributed by atoms with van der Waals surface area (Å²) in [7, 11) is 9.04. The zero-order chi connectivity index (χ0) is 13.0. The normalized spacial score (nSPS) is 12.9. The van der Waals surface area contributed by atoms with Crippen LogP contribution >= 0.6 is 0 Å². The van der Waals surface area contributed by atoms with Crippen molar-refractivity contribution >= 4 is 7.98 Å². The minimum atomic E-state index is 0.800. The predicted molar refractivity (Wildman–Crippen MR) is 73.1 cm³/mol. The Balaban J connectivity index is 0. The van der Waals surface area contributed by atoms with Crippen molar-refractivity contribution in [1.82, 2.24) is 4.81 Å². The minimum absolute atomic E-state index is 0.800. The van der Waals surface area contributed by atoms with E-state index in [-0.39, 0.29) is 0 Å². The summed E-state index contributed by atoms with van der Waals surface area (Å²) in [6.45, 7) is 8.00. The lowest BCUT2D eigenvalue weighted by atomic mass is 10.2. The van der Waals surface area contributed by atoms with Gasteiger partial charge in [-0.2, -0.15) is 0 Å². The number of methoxy groups -OCH3 is 1. The minimum Gasteiger partial charge on any atom is -0.495 e. The summed E-state index contributed by atoms with van der Waals surface area (Å²) in [6.07, 6.45) is 8.88. The van der Waals surface area contributed by atoms with Crippen LogP contribution in [0.3, 0.4) is 0 Å². The molecule has 0 aliphatic heterocycles. The maximum absolute atomic E-state index is 5.61. The summed E-state index contributed by atoms with van der Waals surface area (Å²) in [5.74, 6) is 0.800. The molecule has 2 nitrogen and oxygen atoms in total. The second-order valence-corrected chi connectivity index (χ2v) is 2.60. The third-order valence-electron chi connectivity index (χ3n) is 1.67. The molecule has 0 bridgehead atoms. The van der Waals surface area contributed by atoms with E-state index in [2.05, 4.69) is 0 Å². The van der Waals surface area contributed by atoms with Crippen LogP contribution in [0.1, 0.15) is 34.1 Å². The van der Waals surface area contributed by atoms with E-state index in [0.29, 0.717) is 0 Å². The van der Waals surface area contributed by atoms with E-state index >= 15 is 0 Å². The highest BCUT2D eigenvalue weighted by molar-refractivity contribution is 6.05. The van der Waals surface area contributed by atoms with Gasteiger partial charge in [-0.15, -0.1) is 0 Å². The summed E-state index contributed by atoms with van der Waals surface area (Å²) in [6, 6.07) is 0. The molecule has 0 fully saturated rings. The first kappa shape index (κ1) is 17.3. The summed E-state index contributed by atoms with van der Waals surface area (Å²) in [4.78, 5) is 1.55. The molecule has 0 atom stereocenters. The second kappa shape index (κ2) is 12.0. The van der Waals surface area contributed by atoms with E-state index in [1.807, 2.05) is 52.0 Å². The summed E-state index contributed by atoms with van der Waals surface area (Å²) >= 11 is 0. The van der Waals surface area contributed by atoms with Gasteiger partial charge in [-0.05, 0) is 25.6 Å². The Morgan fingerprint density at radius 1 is 1.12 bits per heavy atom. The molecule has 3 heteroatoms. The van der Waals surface area contributed by atoms with Crippen molar-refractivity contribution in [2.45, 2.75) is 34.1 Å². The molecule has 90 valence electrons. The molecule has 16 heavy (non-hydrogen) atoms. The Kier molecular flexibility index (Phi) is 12.9. The molecule has 0 heterocycles. The van der Waals surface area contributed by atoms with Gasteiger partial charge in [0, 0.05) is 0 Å². The van der Waals surface area contributed by atoms with Crippen LogP contribution in [0.5, 0.6) is 0 Å². The Morgan fingerprint density at radius 3 is 2.06 bits per heavy atom.